The summed E-state index contributed by atoms with van der Waals surface area (Å²) in [6.45, 7) is 0. The van der Waals surface area contributed by atoms with Crippen LogP contribution < -0.4 is 25.3 Å². The lowest BCUT2D eigenvalue weighted by Gasteiger charge is -2.13. The van der Waals surface area contributed by atoms with Crippen molar-refractivity contribution in [3.05, 3.63) is 83.4 Å². The molecule has 0 saturated carbocycles. The third kappa shape index (κ3) is 5.49. The molecule has 0 atom stereocenters. The summed E-state index contributed by atoms with van der Waals surface area (Å²) in [7, 11) is 4.72. The van der Waals surface area contributed by atoms with E-state index in [2.05, 4.69) is 5.32 Å². The van der Waals surface area contributed by atoms with E-state index in [1.807, 2.05) is 66.7 Å². The molecule has 6 heteroatoms. The van der Waals surface area contributed by atoms with Crippen molar-refractivity contribution in [3.63, 3.8) is 0 Å². The van der Waals surface area contributed by atoms with Gasteiger partial charge in [-0.2, -0.15) is 0 Å². The fourth-order valence-corrected chi connectivity index (χ4v) is 3.14. The minimum absolute atomic E-state index is 0.248. The first-order chi connectivity index (χ1) is 15.5. The van der Waals surface area contributed by atoms with Gasteiger partial charge in [-0.3, -0.25) is 4.79 Å². The van der Waals surface area contributed by atoms with Crippen LogP contribution in [0.5, 0.6) is 17.2 Å². The van der Waals surface area contributed by atoms with Crippen molar-refractivity contribution >= 4 is 35.5 Å². The lowest BCUT2D eigenvalue weighted by atomic mass is 10.1. The van der Waals surface area contributed by atoms with Gasteiger partial charge in [0.2, 0.25) is 11.7 Å². The normalized spacial score (nSPS) is 11.0. The minimum atomic E-state index is -0.248. The van der Waals surface area contributed by atoms with Gasteiger partial charge in [0.05, 0.1) is 21.3 Å². The van der Waals surface area contributed by atoms with Gasteiger partial charge in [-0.25, -0.2) is 0 Å². The topological polar surface area (TPSA) is 82.8 Å². The second kappa shape index (κ2) is 10.7. The molecule has 0 heterocycles. The summed E-state index contributed by atoms with van der Waals surface area (Å²) in [5.41, 5.74) is 9.72. The molecule has 3 aromatic carbocycles. The van der Waals surface area contributed by atoms with Crippen molar-refractivity contribution in [1.82, 2.24) is 0 Å². The monoisotopic (exact) mass is 430 g/mol. The van der Waals surface area contributed by atoms with Crippen molar-refractivity contribution in [2.75, 3.05) is 32.4 Å². The van der Waals surface area contributed by atoms with Crippen LogP contribution in [-0.4, -0.2) is 27.2 Å². The van der Waals surface area contributed by atoms with Crippen LogP contribution in [0.2, 0.25) is 0 Å². The number of nitrogens with one attached hydrogen (secondary N) is 1. The number of hydrogen-bond donors (Lipinski definition) is 2. The Morgan fingerprint density at radius 1 is 0.812 bits per heavy atom. The summed E-state index contributed by atoms with van der Waals surface area (Å²) in [5.74, 6) is 1.42. The van der Waals surface area contributed by atoms with Gasteiger partial charge in [0.1, 0.15) is 0 Å². The number of nitrogen functional groups attached to an aromatic ring is 1. The molecule has 1 amide bonds. The fourth-order valence-electron chi connectivity index (χ4n) is 3.14. The predicted molar refractivity (Wildman–Crippen MR) is 130 cm³/mol. The largest absolute Gasteiger partial charge is 0.493 e. The number of hydrogen-bond acceptors (Lipinski definition) is 5. The molecule has 0 fully saturated rings. The average Bonchev–Trinajstić information content (AvgIpc) is 2.82. The van der Waals surface area contributed by atoms with Crippen LogP contribution in [0, 0.1) is 0 Å². The van der Waals surface area contributed by atoms with Crippen LogP contribution in [0.3, 0.4) is 0 Å². The molecule has 3 aromatic rings. The highest BCUT2D eigenvalue weighted by molar-refractivity contribution is 6.03. The second-order valence-corrected chi connectivity index (χ2v) is 6.83. The average molecular weight is 431 g/mol. The Kier molecular flexibility index (Phi) is 7.54. The molecule has 32 heavy (non-hydrogen) atoms. The van der Waals surface area contributed by atoms with Crippen LogP contribution in [0.4, 0.5) is 11.4 Å². The molecule has 0 aliphatic rings. The van der Waals surface area contributed by atoms with E-state index in [4.69, 9.17) is 19.9 Å². The Morgan fingerprint density at radius 2 is 1.44 bits per heavy atom. The first kappa shape index (κ1) is 22.5. The maximum Gasteiger partial charge on any atom is 0.248 e. The first-order valence-corrected chi connectivity index (χ1v) is 9.96. The number of amides is 1. The van der Waals surface area contributed by atoms with Gasteiger partial charge < -0.3 is 25.3 Å². The Hall–Kier alpha value is -4.19. The molecule has 0 saturated heterocycles. The van der Waals surface area contributed by atoms with E-state index in [1.54, 1.807) is 33.5 Å². The van der Waals surface area contributed by atoms with Gasteiger partial charge in [0.25, 0.3) is 0 Å². The van der Waals surface area contributed by atoms with E-state index in [0.717, 1.165) is 16.7 Å². The van der Waals surface area contributed by atoms with Crippen LogP contribution in [-0.2, 0) is 4.79 Å². The summed E-state index contributed by atoms with van der Waals surface area (Å²) in [5, 5.41) is 2.91. The third-order valence-electron chi connectivity index (χ3n) is 4.77. The van der Waals surface area contributed by atoms with Crippen molar-refractivity contribution < 1.29 is 19.0 Å². The van der Waals surface area contributed by atoms with Gasteiger partial charge >= 0.3 is 0 Å². The Balaban J connectivity index is 1.80. The summed E-state index contributed by atoms with van der Waals surface area (Å²) >= 11 is 0. The minimum Gasteiger partial charge on any atom is -0.493 e. The number of carbonyl (C=O) groups is 1. The molecule has 0 spiro atoms. The Bertz CT molecular complexity index is 1130. The molecule has 3 rings (SSSR count). The zero-order chi connectivity index (χ0) is 22.9. The number of anilines is 2. The molecule has 6 nitrogen and oxygen atoms in total. The molecule has 0 aliphatic carbocycles. The zero-order valence-electron chi connectivity index (χ0n) is 18.3. The van der Waals surface area contributed by atoms with Crippen molar-refractivity contribution in [2.45, 2.75) is 0 Å². The highest BCUT2D eigenvalue weighted by atomic mass is 16.5. The molecular formula is C26H26N2O4. The number of ether oxygens (including phenoxy) is 3. The highest BCUT2D eigenvalue weighted by Crippen LogP contribution is 2.38. The second-order valence-electron chi connectivity index (χ2n) is 6.83. The predicted octanol–water partition coefficient (Wildman–Crippen LogP) is 5.12. The lowest BCUT2D eigenvalue weighted by molar-refractivity contribution is -0.111. The number of methoxy groups -OCH3 is 3. The van der Waals surface area contributed by atoms with Crippen molar-refractivity contribution in [3.8, 4) is 17.2 Å². The number of carbonyl (C=O) groups excluding carboxylic acids is 1. The Labute approximate surface area is 187 Å². The standard InChI is InChI=1S/C26H26N2O4/c1-30-23-16-18(17-24(31-2)26(23)32-3)12-13-20-9-5-7-11-22(20)28-25(29)15-14-19-8-4-6-10-21(19)27/h4-17H,27H2,1-3H3,(H,28,29)/b13-12+,15-14+. The van der Waals surface area contributed by atoms with Gasteiger partial charge in [-0.05, 0) is 47.0 Å². The number of nitrogens with two attached hydrogens (primary N) is 1. The SMILES string of the molecule is COc1cc(/C=C/c2ccccc2NC(=O)/C=C/c2ccccc2N)cc(OC)c1OC. The van der Waals surface area contributed by atoms with E-state index < -0.39 is 0 Å². The molecule has 3 N–H and O–H groups in total. The molecule has 0 radical (unpaired) electrons. The summed E-state index contributed by atoms with van der Waals surface area (Å²) < 4.78 is 16.2. The maximum absolute atomic E-state index is 12.5. The number of benzene rings is 3. The summed E-state index contributed by atoms with van der Waals surface area (Å²) in [6.07, 6.45) is 6.98. The van der Waals surface area contributed by atoms with E-state index in [-0.39, 0.29) is 5.91 Å². The van der Waals surface area contributed by atoms with Gasteiger partial charge in [-0.15, -0.1) is 0 Å². The maximum atomic E-state index is 12.5. The zero-order valence-corrected chi connectivity index (χ0v) is 18.3. The van der Waals surface area contributed by atoms with E-state index in [9.17, 15) is 4.79 Å². The van der Waals surface area contributed by atoms with Crippen LogP contribution in [0.1, 0.15) is 16.7 Å². The molecule has 0 aliphatic heterocycles. The smallest absolute Gasteiger partial charge is 0.248 e. The van der Waals surface area contributed by atoms with E-state index in [0.29, 0.717) is 28.6 Å². The summed E-state index contributed by atoms with van der Waals surface area (Å²) in [6, 6.07) is 18.6. The van der Waals surface area contributed by atoms with Crippen molar-refractivity contribution in [2.24, 2.45) is 0 Å². The van der Waals surface area contributed by atoms with Crippen LogP contribution in [0.15, 0.2) is 66.7 Å². The third-order valence-corrected chi connectivity index (χ3v) is 4.77. The van der Waals surface area contributed by atoms with Crippen molar-refractivity contribution in [1.29, 1.82) is 0 Å². The first-order valence-electron chi connectivity index (χ1n) is 9.96. The van der Waals surface area contributed by atoms with Gasteiger partial charge in [-0.1, -0.05) is 48.6 Å². The number of para-hydroxylation sites is 2. The molecular weight excluding hydrogens is 404 g/mol. The summed E-state index contributed by atoms with van der Waals surface area (Å²) in [4.78, 5) is 12.5. The quantitative estimate of drug-likeness (QED) is 0.295. The highest BCUT2D eigenvalue weighted by Gasteiger charge is 2.12. The van der Waals surface area contributed by atoms with Gasteiger partial charge in [0, 0.05) is 17.5 Å². The molecule has 0 aromatic heterocycles. The Morgan fingerprint density at radius 3 is 2.06 bits per heavy atom. The van der Waals surface area contributed by atoms with Crippen LogP contribution in [0.25, 0.3) is 18.2 Å². The number of rotatable bonds is 8. The van der Waals surface area contributed by atoms with Crippen LogP contribution >= 0.6 is 0 Å². The van der Waals surface area contributed by atoms with E-state index >= 15 is 0 Å². The molecule has 0 bridgehead atoms. The lowest BCUT2D eigenvalue weighted by Crippen LogP contribution is -2.08. The van der Waals surface area contributed by atoms with Gasteiger partial charge in [0.15, 0.2) is 11.5 Å². The molecule has 164 valence electrons. The molecule has 0 unspecified atom stereocenters. The van der Waals surface area contributed by atoms with E-state index in [1.165, 1.54) is 6.08 Å². The fraction of sp³-hybridized carbons (Fsp3) is 0.115.